The van der Waals surface area contributed by atoms with E-state index in [0.717, 1.165) is 11.1 Å². The summed E-state index contributed by atoms with van der Waals surface area (Å²) in [5.41, 5.74) is 8.35. The Morgan fingerprint density at radius 1 is 0.923 bits per heavy atom. The highest BCUT2D eigenvalue weighted by Gasteiger charge is 2.13. The van der Waals surface area contributed by atoms with Gasteiger partial charge in [0.05, 0.1) is 5.69 Å². The molecule has 26 heavy (non-hydrogen) atoms. The van der Waals surface area contributed by atoms with Crippen molar-refractivity contribution in [3.63, 3.8) is 0 Å². The maximum atomic E-state index is 13.1. The maximum absolute atomic E-state index is 13.1. The van der Waals surface area contributed by atoms with E-state index >= 15 is 0 Å². The molecular formula is C19H14F2N4S. The Labute approximate surface area is 153 Å². The third kappa shape index (κ3) is 4.35. The summed E-state index contributed by atoms with van der Waals surface area (Å²) in [7, 11) is 0. The molecule has 0 spiro atoms. The smallest absolute Gasteiger partial charge is 0.190 e. The van der Waals surface area contributed by atoms with E-state index in [1.807, 2.05) is 6.07 Å². The average Bonchev–Trinajstić information content (AvgIpc) is 2.63. The van der Waals surface area contributed by atoms with Crippen LogP contribution in [-0.2, 0) is 12.2 Å². The second kappa shape index (κ2) is 7.93. The zero-order chi connectivity index (χ0) is 18.5. The van der Waals surface area contributed by atoms with Gasteiger partial charge in [-0.05, 0) is 35.4 Å². The van der Waals surface area contributed by atoms with Gasteiger partial charge in [-0.1, -0.05) is 36.0 Å². The average molecular weight is 368 g/mol. The van der Waals surface area contributed by atoms with E-state index in [1.54, 1.807) is 24.3 Å². The first-order valence-electron chi connectivity index (χ1n) is 7.73. The minimum atomic E-state index is -0.327. The molecule has 4 nitrogen and oxygen atoms in total. The summed E-state index contributed by atoms with van der Waals surface area (Å²) in [6, 6.07) is 14.2. The van der Waals surface area contributed by atoms with Crippen LogP contribution in [0, 0.1) is 23.0 Å². The largest absolute Gasteiger partial charge is 0.382 e. The third-order valence-corrected chi connectivity index (χ3v) is 4.59. The molecule has 0 unspecified atom stereocenters. The summed E-state index contributed by atoms with van der Waals surface area (Å²) in [5.74, 6) is 0.0362. The number of rotatable bonds is 5. The number of aromatic nitrogens is 2. The Bertz CT molecular complexity index is 951. The van der Waals surface area contributed by atoms with Gasteiger partial charge in [-0.2, -0.15) is 5.26 Å². The molecule has 2 N–H and O–H groups in total. The maximum Gasteiger partial charge on any atom is 0.190 e. The molecule has 2 aromatic carbocycles. The van der Waals surface area contributed by atoms with Crippen LogP contribution in [0.1, 0.15) is 22.4 Å². The molecule has 0 aliphatic rings. The zero-order valence-corrected chi connectivity index (χ0v) is 14.4. The number of nitrogen functional groups attached to an aromatic ring is 1. The number of hydrogen-bond acceptors (Lipinski definition) is 5. The minimum absolute atomic E-state index is 0.112. The molecule has 3 aromatic rings. The number of thioether (sulfide) groups is 1. The first-order chi connectivity index (χ1) is 12.5. The summed E-state index contributed by atoms with van der Waals surface area (Å²) in [5, 5.41) is 9.77. The van der Waals surface area contributed by atoms with E-state index in [4.69, 9.17) is 5.73 Å². The lowest BCUT2D eigenvalue weighted by molar-refractivity contribution is 0.627. The third-order valence-electron chi connectivity index (χ3n) is 3.67. The van der Waals surface area contributed by atoms with Crippen molar-refractivity contribution >= 4 is 17.6 Å². The number of nitriles is 1. The molecule has 3 rings (SSSR count). The van der Waals surface area contributed by atoms with Gasteiger partial charge in [0.15, 0.2) is 5.16 Å². The topological polar surface area (TPSA) is 75.6 Å². The molecule has 0 radical (unpaired) electrons. The predicted octanol–water partition coefficient (Wildman–Crippen LogP) is 4.09. The van der Waals surface area contributed by atoms with Gasteiger partial charge in [-0.25, -0.2) is 18.7 Å². The van der Waals surface area contributed by atoms with Crippen molar-refractivity contribution in [1.29, 1.82) is 5.26 Å². The predicted molar refractivity (Wildman–Crippen MR) is 96.3 cm³/mol. The van der Waals surface area contributed by atoms with Gasteiger partial charge in [0, 0.05) is 12.2 Å². The van der Waals surface area contributed by atoms with Crippen LogP contribution in [0.3, 0.4) is 0 Å². The molecule has 1 aromatic heterocycles. The SMILES string of the molecule is N#Cc1c(N)nc(SCc2ccc(F)cc2)nc1Cc1ccc(F)cc1. The van der Waals surface area contributed by atoms with E-state index in [-0.39, 0.29) is 23.0 Å². The lowest BCUT2D eigenvalue weighted by Gasteiger charge is -2.09. The van der Waals surface area contributed by atoms with Gasteiger partial charge >= 0.3 is 0 Å². The van der Waals surface area contributed by atoms with Gasteiger partial charge in [-0.15, -0.1) is 0 Å². The Hall–Kier alpha value is -2.98. The molecule has 0 amide bonds. The molecule has 0 aliphatic carbocycles. The summed E-state index contributed by atoms with van der Waals surface area (Å²) >= 11 is 1.35. The van der Waals surface area contributed by atoms with Crippen LogP contribution < -0.4 is 5.73 Å². The highest BCUT2D eigenvalue weighted by molar-refractivity contribution is 7.98. The number of nitrogens with two attached hydrogens (primary N) is 1. The fourth-order valence-corrected chi connectivity index (χ4v) is 3.17. The highest BCUT2D eigenvalue weighted by atomic mass is 32.2. The summed E-state index contributed by atoms with van der Waals surface area (Å²) in [6.45, 7) is 0. The van der Waals surface area contributed by atoms with E-state index in [9.17, 15) is 14.0 Å². The summed E-state index contributed by atoms with van der Waals surface area (Å²) in [6.07, 6.45) is 0.347. The Kier molecular flexibility index (Phi) is 5.44. The molecule has 1 heterocycles. The number of halogens is 2. The second-order valence-corrected chi connectivity index (χ2v) is 6.49. The first kappa shape index (κ1) is 17.8. The van der Waals surface area contributed by atoms with Gasteiger partial charge in [0.1, 0.15) is 29.1 Å². The van der Waals surface area contributed by atoms with Gasteiger partial charge in [-0.3, -0.25) is 0 Å². The lowest BCUT2D eigenvalue weighted by atomic mass is 10.1. The van der Waals surface area contributed by atoms with Crippen molar-refractivity contribution in [1.82, 2.24) is 9.97 Å². The van der Waals surface area contributed by atoms with Crippen LogP contribution in [0.2, 0.25) is 0 Å². The van der Waals surface area contributed by atoms with Crippen LogP contribution in [0.25, 0.3) is 0 Å². The molecule has 0 atom stereocenters. The van der Waals surface area contributed by atoms with Gasteiger partial charge < -0.3 is 5.73 Å². The van der Waals surface area contributed by atoms with Crippen LogP contribution in [0.15, 0.2) is 53.7 Å². The molecule has 0 fully saturated rings. The standard InChI is InChI=1S/C19H14F2N4S/c20-14-5-1-12(2-6-14)9-17-16(10-22)18(23)25-19(24-17)26-11-13-3-7-15(21)8-4-13/h1-8H,9,11H2,(H2,23,24,25). The number of hydrogen-bond donors (Lipinski definition) is 1. The second-order valence-electron chi connectivity index (χ2n) is 5.54. The Balaban J connectivity index is 1.83. The van der Waals surface area contributed by atoms with E-state index in [2.05, 4.69) is 9.97 Å². The van der Waals surface area contributed by atoms with Crippen LogP contribution >= 0.6 is 11.8 Å². The van der Waals surface area contributed by atoms with Crippen molar-refractivity contribution in [3.05, 3.63) is 82.5 Å². The van der Waals surface area contributed by atoms with Crippen molar-refractivity contribution in [2.45, 2.75) is 17.3 Å². The summed E-state index contributed by atoms with van der Waals surface area (Å²) < 4.78 is 26.0. The van der Waals surface area contributed by atoms with Gasteiger partial charge in [0.25, 0.3) is 0 Å². The zero-order valence-electron chi connectivity index (χ0n) is 13.6. The van der Waals surface area contributed by atoms with Crippen molar-refractivity contribution in [2.75, 3.05) is 5.73 Å². The Morgan fingerprint density at radius 2 is 1.50 bits per heavy atom. The van der Waals surface area contributed by atoms with E-state index < -0.39 is 0 Å². The molecule has 0 saturated carbocycles. The fraction of sp³-hybridized carbons (Fsp3) is 0.105. The fourth-order valence-electron chi connectivity index (χ4n) is 2.34. The molecule has 0 bridgehead atoms. The minimum Gasteiger partial charge on any atom is -0.382 e. The van der Waals surface area contributed by atoms with Gasteiger partial charge in [0.2, 0.25) is 0 Å². The number of nitrogens with zero attached hydrogens (tertiary/aromatic N) is 3. The molecule has 7 heteroatoms. The Morgan fingerprint density at radius 3 is 2.08 bits per heavy atom. The normalized spacial score (nSPS) is 10.5. The van der Waals surface area contributed by atoms with E-state index in [1.165, 1.54) is 36.0 Å². The van der Waals surface area contributed by atoms with Crippen LogP contribution in [0.5, 0.6) is 0 Å². The monoisotopic (exact) mass is 368 g/mol. The van der Waals surface area contributed by atoms with Crippen LogP contribution in [0.4, 0.5) is 14.6 Å². The molecular weight excluding hydrogens is 354 g/mol. The van der Waals surface area contributed by atoms with Crippen LogP contribution in [-0.4, -0.2) is 9.97 Å². The first-order valence-corrected chi connectivity index (χ1v) is 8.72. The van der Waals surface area contributed by atoms with Crippen molar-refractivity contribution in [2.24, 2.45) is 0 Å². The quantitative estimate of drug-likeness (QED) is 0.542. The van der Waals surface area contributed by atoms with Crippen molar-refractivity contribution in [3.8, 4) is 6.07 Å². The van der Waals surface area contributed by atoms with Crippen molar-refractivity contribution < 1.29 is 8.78 Å². The number of anilines is 1. The molecule has 130 valence electrons. The summed E-state index contributed by atoms with van der Waals surface area (Å²) in [4.78, 5) is 8.60. The molecule has 0 aliphatic heterocycles. The molecule has 0 saturated heterocycles. The lowest BCUT2D eigenvalue weighted by Crippen LogP contribution is -2.06. The van der Waals surface area contributed by atoms with E-state index in [0.29, 0.717) is 23.0 Å². The number of benzene rings is 2. The highest BCUT2D eigenvalue weighted by Crippen LogP contribution is 2.24.